The van der Waals surface area contributed by atoms with E-state index >= 15 is 0 Å². The Hall–Kier alpha value is -1.54. The maximum atomic E-state index is 6.30. The Morgan fingerprint density at radius 2 is 2.08 bits per heavy atom. The van der Waals surface area contributed by atoms with Crippen molar-refractivity contribution in [2.75, 3.05) is 12.3 Å². The van der Waals surface area contributed by atoms with Crippen molar-refractivity contribution >= 4 is 51.9 Å². The summed E-state index contributed by atoms with van der Waals surface area (Å²) in [6, 6.07) is 5.79. The Balaban J connectivity index is 1.98. The lowest BCUT2D eigenvalue weighted by molar-refractivity contribution is 0.528. The van der Waals surface area contributed by atoms with Crippen LogP contribution in [0.1, 0.15) is 13.8 Å². The van der Waals surface area contributed by atoms with E-state index < -0.39 is 0 Å². The first kappa shape index (κ1) is 18.3. The van der Waals surface area contributed by atoms with Gasteiger partial charge in [-0.3, -0.25) is 0 Å². The Morgan fingerprint density at radius 1 is 1.28 bits per heavy atom. The molecule has 0 aliphatic rings. The highest BCUT2D eigenvalue weighted by Gasteiger charge is 2.17. The number of hydrogen-bond acceptors (Lipinski definition) is 6. The molecule has 0 radical (unpaired) electrons. The molecule has 9 heteroatoms. The third kappa shape index (κ3) is 4.17. The van der Waals surface area contributed by atoms with Crippen molar-refractivity contribution < 1.29 is 0 Å². The zero-order valence-corrected chi connectivity index (χ0v) is 16.2. The van der Waals surface area contributed by atoms with E-state index in [0.717, 1.165) is 16.6 Å². The quantitative estimate of drug-likeness (QED) is 0.657. The summed E-state index contributed by atoms with van der Waals surface area (Å²) in [6.07, 6.45) is 1.45. The van der Waals surface area contributed by atoms with Crippen molar-refractivity contribution in [1.82, 2.24) is 24.8 Å². The molecule has 0 saturated carbocycles. The molecule has 0 saturated heterocycles. The molecule has 2 aromatic heterocycles. The number of nitrogen functional groups attached to an aromatic ring is 1. The van der Waals surface area contributed by atoms with E-state index in [1.165, 1.54) is 18.1 Å². The molecule has 0 unspecified atom stereocenters. The van der Waals surface area contributed by atoms with Crippen molar-refractivity contribution in [3.63, 3.8) is 0 Å². The molecule has 0 bridgehead atoms. The van der Waals surface area contributed by atoms with Crippen molar-refractivity contribution in [2.45, 2.75) is 36.5 Å². The Bertz CT molecular complexity index is 896. The maximum Gasteiger partial charge on any atom is 0.175 e. The number of fused-ring (bicyclic) bond motifs is 1. The summed E-state index contributed by atoms with van der Waals surface area (Å²) in [5.74, 6) is 0.365. The number of benzene rings is 1. The van der Waals surface area contributed by atoms with Crippen LogP contribution in [0.2, 0.25) is 10.0 Å². The van der Waals surface area contributed by atoms with Gasteiger partial charge in [-0.15, -0.1) is 0 Å². The van der Waals surface area contributed by atoms with Crippen molar-refractivity contribution in [2.24, 2.45) is 0 Å². The number of halogens is 2. The topological polar surface area (TPSA) is 81.7 Å². The molecule has 3 rings (SSSR count). The number of nitrogens with two attached hydrogens (primary N) is 1. The highest BCUT2D eigenvalue weighted by Crippen LogP contribution is 2.36. The smallest absolute Gasteiger partial charge is 0.175 e. The highest BCUT2D eigenvalue weighted by molar-refractivity contribution is 7.99. The summed E-state index contributed by atoms with van der Waals surface area (Å²) in [5, 5.41) is 5.33. The van der Waals surface area contributed by atoms with Crippen LogP contribution < -0.4 is 11.1 Å². The molecule has 0 spiro atoms. The second kappa shape index (κ2) is 7.78. The zero-order chi connectivity index (χ0) is 18.0. The van der Waals surface area contributed by atoms with E-state index in [0.29, 0.717) is 39.6 Å². The molecule has 0 aliphatic carbocycles. The van der Waals surface area contributed by atoms with Gasteiger partial charge in [0, 0.05) is 29.0 Å². The monoisotopic (exact) mass is 396 g/mol. The van der Waals surface area contributed by atoms with E-state index in [4.69, 9.17) is 28.9 Å². The Morgan fingerprint density at radius 3 is 2.80 bits per heavy atom. The van der Waals surface area contributed by atoms with E-state index in [-0.39, 0.29) is 0 Å². The normalized spacial score (nSPS) is 11.6. The van der Waals surface area contributed by atoms with Gasteiger partial charge in [0.1, 0.15) is 6.33 Å². The molecular weight excluding hydrogens is 379 g/mol. The van der Waals surface area contributed by atoms with Crippen LogP contribution in [0.3, 0.4) is 0 Å². The lowest BCUT2D eigenvalue weighted by atomic mass is 10.4. The average Bonchev–Trinajstić information content (AvgIpc) is 2.89. The third-order valence-corrected chi connectivity index (χ3v) is 5.24. The molecule has 0 aliphatic heterocycles. The van der Waals surface area contributed by atoms with Crippen molar-refractivity contribution in [3.05, 3.63) is 34.6 Å². The summed E-state index contributed by atoms with van der Waals surface area (Å²) < 4.78 is 2.03. The Kier molecular flexibility index (Phi) is 5.68. The fraction of sp³-hybridized carbons (Fsp3) is 0.312. The van der Waals surface area contributed by atoms with Gasteiger partial charge >= 0.3 is 0 Å². The summed E-state index contributed by atoms with van der Waals surface area (Å²) in [7, 11) is 0. The molecule has 0 atom stereocenters. The number of rotatable bonds is 6. The molecule has 6 nitrogen and oxygen atoms in total. The lowest BCUT2D eigenvalue weighted by Gasteiger charge is -2.11. The van der Waals surface area contributed by atoms with Crippen LogP contribution in [0.15, 0.2) is 34.6 Å². The van der Waals surface area contributed by atoms with E-state index in [1.807, 2.05) is 10.6 Å². The van der Waals surface area contributed by atoms with Crippen LogP contribution in [0.5, 0.6) is 0 Å². The van der Waals surface area contributed by atoms with Gasteiger partial charge in [0.15, 0.2) is 22.1 Å². The number of imidazole rings is 1. The standard InChI is InChI=1S/C16H18Cl2N6S/c1-9(2)20-5-6-24-15-13(14(19)21-8-22-15)23-16(24)25-12-4-3-10(17)7-11(12)18/h3-4,7-9,20H,5-6H2,1-2H3,(H2,19,21,22). The number of nitrogens with zero attached hydrogens (tertiary/aromatic N) is 4. The fourth-order valence-electron chi connectivity index (χ4n) is 2.33. The van der Waals surface area contributed by atoms with Crippen LogP contribution >= 0.6 is 35.0 Å². The molecule has 3 N–H and O–H groups in total. The first-order chi connectivity index (χ1) is 12.0. The molecule has 132 valence electrons. The molecule has 2 heterocycles. The van der Waals surface area contributed by atoms with Crippen LogP contribution in [-0.2, 0) is 6.54 Å². The van der Waals surface area contributed by atoms with Crippen molar-refractivity contribution in [1.29, 1.82) is 0 Å². The SMILES string of the molecule is CC(C)NCCn1c(Sc2ccc(Cl)cc2Cl)nc2c(N)ncnc21. The second-order valence-electron chi connectivity index (χ2n) is 5.76. The van der Waals surface area contributed by atoms with Gasteiger partial charge in [-0.05, 0) is 18.2 Å². The van der Waals surface area contributed by atoms with E-state index in [2.05, 4.69) is 34.1 Å². The summed E-state index contributed by atoms with van der Waals surface area (Å²) >= 11 is 13.7. The van der Waals surface area contributed by atoms with Crippen LogP contribution in [0.25, 0.3) is 11.2 Å². The summed E-state index contributed by atoms with van der Waals surface area (Å²) in [5.41, 5.74) is 7.27. The highest BCUT2D eigenvalue weighted by atomic mass is 35.5. The van der Waals surface area contributed by atoms with Gasteiger partial charge in [0.2, 0.25) is 0 Å². The largest absolute Gasteiger partial charge is 0.382 e. The van der Waals surface area contributed by atoms with Crippen molar-refractivity contribution in [3.8, 4) is 0 Å². The number of nitrogens with one attached hydrogen (secondary N) is 1. The van der Waals surface area contributed by atoms with Gasteiger partial charge in [0.25, 0.3) is 0 Å². The van der Waals surface area contributed by atoms with Gasteiger partial charge in [-0.2, -0.15) is 0 Å². The molecule has 1 aromatic carbocycles. The molecular formula is C16H18Cl2N6S. The third-order valence-electron chi connectivity index (χ3n) is 3.51. The molecule has 3 aromatic rings. The minimum absolute atomic E-state index is 0.365. The van der Waals surface area contributed by atoms with Gasteiger partial charge in [-0.25, -0.2) is 15.0 Å². The molecule has 0 fully saturated rings. The first-order valence-electron chi connectivity index (χ1n) is 7.78. The zero-order valence-electron chi connectivity index (χ0n) is 13.8. The average molecular weight is 397 g/mol. The lowest BCUT2D eigenvalue weighted by Crippen LogP contribution is -2.26. The first-order valence-corrected chi connectivity index (χ1v) is 9.36. The number of aromatic nitrogens is 4. The van der Waals surface area contributed by atoms with Gasteiger partial charge in [-0.1, -0.05) is 48.8 Å². The van der Waals surface area contributed by atoms with Crippen LogP contribution in [-0.4, -0.2) is 32.1 Å². The molecule has 0 amide bonds. The minimum Gasteiger partial charge on any atom is -0.382 e. The number of hydrogen-bond donors (Lipinski definition) is 2. The van der Waals surface area contributed by atoms with E-state index in [9.17, 15) is 0 Å². The van der Waals surface area contributed by atoms with Crippen LogP contribution in [0, 0.1) is 0 Å². The second-order valence-corrected chi connectivity index (χ2v) is 7.62. The fourth-order valence-corrected chi connectivity index (χ4v) is 3.77. The van der Waals surface area contributed by atoms with Crippen LogP contribution in [0.4, 0.5) is 5.82 Å². The van der Waals surface area contributed by atoms with Gasteiger partial charge < -0.3 is 15.6 Å². The van der Waals surface area contributed by atoms with Gasteiger partial charge in [0.05, 0.1) is 5.02 Å². The summed E-state index contributed by atoms with van der Waals surface area (Å²) in [4.78, 5) is 13.9. The van der Waals surface area contributed by atoms with E-state index in [1.54, 1.807) is 12.1 Å². The minimum atomic E-state index is 0.365. The number of anilines is 1. The maximum absolute atomic E-state index is 6.30. The Labute approximate surface area is 160 Å². The predicted molar refractivity (Wildman–Crippen MR) is 103 cm³/mol. The molecule has 25 heavy (non-hydrogen) atoms. The predicted octanol–water partition coefficient (Wildman–Crippen LogP) is 3.86. The summed E-state index contributed by atoms with van der Waals surface area (Å²) in [6.45, 7) is 5.71.